The number of nitrogens with one attached hydrogen (secondary N) is 1. The lowest BCUT2D eigenvalue weighted by Crippen LogP contribution is -2.13. The fraction of sp³-hybridized carbons (Fsp3) is 0.231. The van der Waals surface area contributed by atoms with Gasteiger partial charge in [0, 0.05) is 11.5 Å². The van der Waals surface area contributed by atoms with Crippen LogP contribution in [0.15, 0.2) is 33.5 Å². The van der Waals surface area contributed by atoms with Crippen LogP contribution < -0.4 is 5.56 Å². The molecule has 0 saturated heterocycles. The Bertz CT molecular complexity index is 645. The van der Waals surface area contributed by atoms with Crippen LogP contribution in [0.1, 0.15) is 24.5 Å². The maximum Gasteiger partial charge on any atom is 0.265 e. The number of rotatable bonds is 2. The van der Waals surface area contributed by atoms with E-state index in [9.17, 15) is 9.90 Å². The van der Waals surface area contributed by atoms with Gasteiger partial charge in [0.1, 0.15) is 16.0 Å². The summed E-state index contributed by atoms with van der Waals surface area (Å²) in [5, 5.41) is 9.26. The SMILES string of the molecule is O=c1[nH]c(-c2ccc(O)cc2)nc(C2CC2)c1Br. The average Bonchev–Trinajstić information content (AvgIpc) is 3.18. The first-order chi connectivity index (χ1) is 8.65. The number of hydrogen-bond acceptors (Lipinski definition) is 3. The van der Waals surface area contributed by atoms with Crippen molar-refractivity contribution in [1.82, 2.24) is 9.97 Å². The number of aromatic nitrogens is 2. The van der Waals surface area contributed by atoms with Gasteiger partial charge in [0.15, 0.2) is 0 Å². The smallest absolute Gasteiger partial charge is 0.265 e. The quantitative estimate of drug-likeness (QED) is 0.896. The van der Waals surface area contributed by atoms with Gasteiger partial charge in [0.05, 0.1) is 5.69 Å². The van der Waals surface area contributed by atoms with Gasteiger partial charge in [-0.3, -0.25) is 4.79 Å². The standard InChI is InChI=1S/C13H11BrN2O2/c14-10-11(7-1-2-7)15-12(16-13(10)18)8-3-5-9(17)6-4-8/h3-7,17H,1-2H2,(H,15,16,18). The molecule has 2 N–H and O–H groups in total. The van der Waals surface area contributed by atoms with E-state index in [2.05, 4.69) is 25.9 Å². The number of hydrogen-bond donors (Lipinski definition) is 2. The number of phenols is 1. The van der Waals surface area contributed by atoms with Crippen LogP contribution in [0.3, 0.4) is 0 Å². The predicted molar refractivity (Wildman–Crippen MR) is 71.6 cm³/mol. The molecule has 1 fully saturated rings. The molecular weight excluding hydrogens is 296 g/mol. The molecule has 0 bridgehead atoms. The zero-order chi connectivity index (χ0) is 12.7. The Kier molecular flexibility index (Phi) is 2.70. The van der Waals surface area contributed by atoms with Gasteiger partial charge < -0.3 is 10.1 Å². The third-order valence-corrected chi connectivity index (χ3v) is 3.76. The molecule has 1 aromatic carbocycles. The summed E-state index contributed by atoms with van der Waals surface area (Å²) < 4.78 is 0.535. The van der Waals surface area contributed by atoms with E-state index in [0.29, 0.717) is 16.2 Å². The van der Waals surface area contributed by atoms with Crippen LogP contribution in [-0.2, 0) is 0 Å². The molecule has 1 aromatic heterocycles. The summed E-state index contributed by atoms with van der Waals surface area (Å²) in [6, 6.07) is 6.62. The third kappa shape index (κ3) is 2.06. The van der Waals surface area contributed by atoms with E-state index in [1.54, 1.807) is 24.3 Å². The second kappa shape index (κ2) is 4.24. The molecule has 4 nitrogen and oxygen atoms in total. The second-order valence-electron chi connectivity index (χ2n) is 4.43. The van der Waals surface area contributed by atoms with Gasteiger partial charge in [-0.1, -0.05) is 0 Å². The van der Waals surface area contributed by atoms with Gasteiger partial charge in [0.25, 0.3) is 5.56 Å². The van der Waals surface area contributed by atoms with Crippen molar-refractivity contribution in [2.24, 2.45) is 0 Å². The van der Waals surface area contributed by atoms with E-state index >= 15 is 0 Å². The van der Waals surface area contributed by atoms with Crippen LogP contribution in [0.5, 0.6) is 5.75 Å². The first kappa shape index (κ1) is 11.5. The van der Waals surface area contributed by atoms with Gasteiger partial charge in [-0.05, 0) is 53.0 Å². The summed E-state index contributed by atoms with van der Waals surface area (Å²) in [7, 11) is 0. The Morgan fingerprint density at radius 1 is 1.28 bits per heavy atom. The largest absolute Gasteiger partial charge is 0.508 e. The predicted octanol–water partition coefficient (Wildman–Crippen LogP) is 2.78. The van der Waals surface area contributed by atoms with E-state index in [1.165, 1.54) is 0 Å². The molecule has 1 saturated carbocycles. The summed E-state index contributed by atoms with van der Waals surface area (Å²) in [6.45, 7) is 0. The summed E-state index contributed by atoms with van der Waals surface area (Å²) >= 11 is 3.29. The van der Waals surface area contributed by atoms with Gasteiger partial charge in [-0.25, -0.2) is 4.98 Å². The van der Waals surface area contributed by atoms with Crippen molar-refractivity contribution in [2.45, 2.75) is 18.8 Å². The summed E-state index contributed by atoms with van der Waals surface area (Å²) in [6.07, 6.45) is 2.17. The van der Waals surface area contributed by atoms with Crippen molar-refractivity contribution in [2.75, 3.05) is 0 Å². The van der Waals surface area contributed by atoms with Crippen LogP contribution in [0.4, 0.5) is 0 Å². The molecular formula is C13H11BrN2O2. The zero-order valence-electron chi connectivity index (χ0n) is 9.48. The molecule has 0 atom stereocenters. The number of halogens is 1. The Morgan fingerprint density at radius 2 is 1.94 bits per heavy atom. The lowest BCUT2D eigenvalue weighted by molar-refractivity contribution is 0.475. The topological polar surface area (TPSA) is 66.0 Å². The Morgan fingerprint density at radius 3 is 2.56 bits per heavy atom. The van der Waals surface area contributed by atoms with Gasteiger partial charge in [0.2, 0.25) is 0 Å². The highest BCUT2D eigenvalue weighted by atomic mass is 79.9. The summed E-state index contributed by atoms with van der Waals surface area (Å²) in [5.74, 6) is 1.14. The number of aromatic amines is 1. The molecule has 1 aliphatic rings. The first-order valence-electron chi connectivity index (χ1n) is 5.74. The fourth-order valence-corrected chi connectivity index (χ4v) is 2.37. The van der Waals surface area contributed by atoms with Crippen molar-refractivity contribution in [3.63, 3.8) is 0 Å². The van der Waals surface area contributed by atoms with Crippen molar-refractivity contribution in [3.05, 3.63) is 44.8 Å². The molecule has 3 rings (SSSR count). The van der Waals surface area contributed by atoms with Crippen LogP contribution >= 0.6 is 15.9 Å². The highest BCUT2D eigenvalue weighted by Crippen LogP contribution is 2.41. The van der Waals surface area contributed by atoms with E-state index < -0.39 is 0 Å². The highest BCUT2D eigenvalue weighted by Gasteiger charge is 2.29. The Balaban J connectivity index is 2.12. The monoisotopic (exact) mass is 306 g/mol. The van der Waals surface area contributed by atoms with Crippen LogP contribution in [0.25, 0.3) is 11.4 Å². The molecule has 0 spiro atoms. The Hall–Kier alpha value is -1.62. The summed E-state index contributed by atoms with van der Waals surface area (Å²) in [5.41, 5.74) is 1.47. The first-order valence-corrected chi connectivity index (χ1v) is 6.53. The minimum atomic E-state index is -0.157. The number of aromatic hydroxyl groups is 1. The van der Waals surface area contributed by atoms with Crippen molar-refractivity contribution in [1.29, 1.82) is 0 Å². The van der Waals surface area contributed by atoms with E-state index in [0.717, 1.165) is 24.1 Å². The molecule has 0 aliphatic heterocycles. The third-order valence-electron chi connectivity index (χ3n) is 2.99. The number of nitrogens with zero attached hydrogens (tertiary/aromatic N) is 1. The average molecular weight is 307 g/mol. The van der Waals surface area contributed by atoms with Crippen LogP contribution in [0.2, 0.25) is 0 Å². The van der Waals surface area contributed by atoms with Crippen molar-refractivity contribution in [3.8, 4) is 17.1 Å². The molecule has 0 amide bonds. The lowest BCUT2D eigenvalue weighted by atomic mass is 10.2. The maximum atomic E-state index is 11.8. The highest BCUT2D eigenvalue weighted by molar-refractivity contribution is 9.10. The lowest BCUT2D eigenvalue weighted by Gasteiger charge is -2.06. The van der Waals surface area contributed by atoms with Crippen molar-refractivity contribution >= 4 is 15.9 Å². The molecule has 2 aromatic rings. The molecule has 1 aliphatic carbocycles. The minimum Gasteiger partial charge on any atom is -0.508 e. The van der Waals surface area contributed by atoms with Crippen LogP contribution in [0, 0.1) is 0 Å². The summed E-state index contributed by atoms with van der Waals surface area (Å²) in [4.78, 5) is 19.1. The second-order valence-corrected chi connectivity index (χ2v) is 5.23. The van der Waals surface area contributed by atoms with Gasteiger partial charge in [-0.15, -0.1) is 0 Å². The van der Waals surface area contributed by atoms with E-state index in [4.69, 9.17) is 0 Å². The minimum absolute atomic E-state index is 0.157. The van der Waals surface area contributed by atoms with E-state index in [1.807, 2.05) is 0 Å². The van der Waals surface area contributed by atoms with Gasteiger partial charge in [-0.2, -0.15) is 0 Å². The van der Waals surface area contributed by atoms with Crippen LogP contribution in [-0.4, -0.2) is 15.1 Å². The van der Waals surface area contributed by atoms with E-state index in [-0.39, 0.29) is 11.3 Å². The molecule has 18 heavy (non-hydrogen) atoms. The maximum absolute atomic E-state index is 11.8. The normalized spacial score (nSPS) is 14.7. The number of benzene rings is 1. The zero-order valence-corrected chi connectivity index (χ0v) is 11.1. The number of H-pyrrole nitrogens is 1. The Labute approximate surface area is 112 Å². The molecule has 92 valence electrons. The fourth-order valence-electron chi connectivity index (χ4n) is 1.86. The van der Waals surface area contributed by atoms with Crippen molar-refractivity contribution < 1.29 is 5.11 Å². The van der Waals surface area contributed by atoms with Gasteiger partial charge >= 0.3 is 0 Å². The molecule has 1 heterocycles. The molecule has 5 heteroatoms. The number of phenolic OH excluding ortho intramolecular Hbond substituents is 1. The molecule has 0 unspecified atom stereocenters. The molecule has 0 radical (unpaired) electrons.